The van der Waals surface area contributed by atoms with Gasteiger partial charge in [-0.05, 0) is 29.7 Å². The lowest BCUT2D eigenvalue weighted by atomic mass is 9.91. The fraction of sp³-hybridized carbons (Fsp3) is 0.300. The molecule has 2 atom stereocenters. The van der Waals surface area contributed by atoms with Gasteiger partial charge >= 0.3 is 0 Å². The molecule has 0 saturated carbocycles. The van der Waals surface area contributed by atoms with Crippen LogP contribution in [0.5, 0.6) is 17.2 Å². The van der Waals surface area contributed by atoms with Gasteiger partial charge in [-0.25, -0.2) is 0 Å². The Morgan fingerprint density at radius 2 is 2.04 bits per heavy atom. The van der Waals surface area contributed by atoms with Crippen LogP contribution in [0.25, 0.3) is 0 Å². The molecular formula is C20H20NO3+. The number of rotatable bonds is 1. The van der Waals surface area contributed by atoms with Crippen molar-refractivity contribution in [1.29, 1.82) is 0 Å². The lowest BCUT2D eigenvalue weighted by Crippen LogP contribution is -3.10. The van der Waals surface area contributed by atoms with Gasteiger partial charge in [0.1, 0.15) is 0 Å². The molecule has 0 amide bonds. The molecule has 2 aromatic rings. The van der Waals surface area contributed by atoms with Gasteiger partial charge in [-0.15, -0.1) is 0 Å². The van der Waals surface area contributed by atoms with Gasteiger partial charge in [-0.2, -0.15) is 0 Å². The summed E-state index contributed by atoms with van der Waals surface area (Å²) >= 11 is 0. The third-order valence-corrected chi connectivity index (χ3v) is 4.65. The molecule has 0 aliphatic carbocycles. The van der Waals surface area contributed by atoms with Crippen LogP contribution in [0.2, 0.25) is 0 Å². The minimum absolute atomic E-state index is 0.0541. The first-order valence-electron chi connectivity index (χ1n) is 8.16. The van der Waals surface area contributed by atoms with Crippen molar-refractivity contribution in [2.75, 3.05) is 27.5 Å². The van der Waals surface area contributed by atoms with Crippen molar-refractivity contribution in [3.63, 3.8) is 0 Å². The molecule has 0 radical (unpaired) electrons. The summed E-state index contributed by atoms with van der Waals surface area (Å²) in [7, 11) is 3.86. The summed E-state index contributed by atoms with van der Waals surface area (Å²) in [6.45, 7) is 1.28. The van der Waals surface area contributed by atoms with E-state index in [-0.39, 0.29) is 12.8 Å². The van der Waals surface area contributed by atoms with Crippen molar-refractivity contribution in [1.82, 2.24) is 0 Å². The molecule has 24 heavy (non-hydrogen) atoms. The van der Waals surface area contributed by atoms with Gasteiger partial charge in [-0.1, -0.05) is 24.1 Å². The molecule has 0 aromatic heterocycles. The second-order valence-electron chi connectivity index (χ2n) is 6.13. The van der Waals surface area contributed by atoms with Crippen LogP contribution in [-0.4, -0.2) is 27.5 Å². The van der Waals surface area contributed by atoms with Gasteiger partial charge in [0.15, 0.2) is 17.5 Å². The number of ether oxygens (including phenoxy) is 3. The topological polar surface area (TPSA) is 32.1 Å². The molecule has 2 aliphatic rings. The summed E-state index contributed by atoms with van der Waals surface area (Å²) in [4.78, 5) is 1.36. The number of benzene rings is 2. The monoisotopic (exact) mass is 322 g/mol. The third kappa shape index (κ3) is 2.47. The SMILES string of the molecule is COc1c2c(cc3c1[C@@H](C#Cc1ccccc1)[NH+](C)CC3)OCO2. The lowest BCUT2D eigenvalue weighted by Gasteiger charge is -2.29. The number of fused-ring (bicyclic) bond motifs is 2. The van der Waals surface area contributed by atoms with Crippen LogP contribution in [0.1, 0.15) is 22.7 Å². The van der Waals surface area contributed by atoms with Crippen molar-refractivity contribution < 1.29 is 19.1 Å². The van der Waals surface area contributed by atoms with Crippen LogP contribution in [0.4, 0.5) is 0 Å². The Morgan fingerprint density at radius 3 is 2.83 bits per heavy atom. The smallest absolute Gasteiger partial charge is 0.231 e. The van der Waals surface area contributed by atoms with E-state index in [2.05, 4.69) is 25.0 Å². The minimum Gasteiger partial charge on any atom is -0.492 e. The van der Waals surface area contributed by atoms with Crippen molar-refractivity contribution >= 4 is 0 Å². The highest BCUT2D eigenvalue weighted by Gasteiger charge is 2.35. The van der Waals surface area contributed by atoms with Crippen molar-refractivity contribution in [2.24, 2.45) is 0 Å². The maximum atomic E-state index is 5.70. The molecule has 2 heterocycles. The van der Waals surface area contributed by atoms with Crippen LogP contribution in [0, 0.1) is 11.8 Å². The summed E-state index contributed by atoms with van der Waals surface area (Å²) in [6, 6.07) is 12.2. The molecule has 2 aliphatic heterocycles. The van der Waals surface area contributed by atoms with Crippen LogP contribution in [0.15, 0.2) is 36.4 Å². The Kier molecular flexibility index (Phi) is 3.79. The molecule has 1 unspecified atom stereocenters. The summed E-state index contributed by atoms with van der Waals surface area (Å²) in [5.41, 5.74) is 3.40. The second kappa shape index (κ2) is 6.10. The lowest BCUT2D eigenvalue weighted by molar-refractivity contribution is -0.905. The Balaban J connectivity index is 1.82. The first kappa shape index (κ1) is 14.9. The Labute approximate surface area is 141 Å². The summed E-state index contributed by atoms with van der Waals surface area (Å²) < 4.78 is 16.9. The van der Waals surface area contributed by atoms with Crippen LogP contribution in [-0.2, 0) is 6.42 Å². The van der Waals surface area contributed by atoms with E-state index in [1.165, 1.54) is 10.5 Å². The fourth-order valence-electron chi connectivity index (χ4n) is 3.40. The predicted molar refractivity (Wildman–Crippen MR) is 90.6 cm³/mol. The van der Waals surface area contributed by atoms with E-state index in [9.17, 15) is 0 Å². The molecule has 0 spiro atoms. The Morgan fingerprint density at radius 1 is 1.21 bits per heavy atom. The standard InChI is InChI=1S/C20H19NO3/c1-21-11-10-15-12-17-19(24-13-23-17)20(22-2)18(15)16(21)9-8-14-6-4-3-5-7-14/h3-7,12,16H,10-11,13H2,1-2H3/p+1/t16-/m1/s1. The van der Waals surface area contributed by atoms with E-state index >= 15 is 0 Å². The van der Waals surface area contributed by atoms with Gasteiger partial charge in [0, 0.05) is 12.0 Å². The molecule has 2 aromatic carbocycles. The fourth-order valence-corrected chi connectivity index (χ4v) is 3.40. The molecule has 4 heteroatoms. The zero-order chi connectivity index (χ0) is 16.5. The van der Waals surface area contributed by atoms with Crippen molar-refractivity contribution in [3.8, 4) is 29.1 Å². The van der Waals surface area contributed by atoms with E-state index < -0.39 is 0 Å². The normalized spacial score (nSPS) is 20.8. The van der Waals surface area contributed by atoms with Gasteiger partial charge in [0.2, 0.25) is 12.5 Å². The first-order chi connectivity index (χ1) is 11.8. The zero-order valence-corrected chi connectivity index (χ0v) is 13.9. The van der Waals surface area contributed by atoms with Gasteiger partial charge < -0.3 is 19.1 Å². The summed E-state index contributed by atoms with van der Waals surface area (Å²) in [5.74, 6) is 9.01. The molecule has 4 rings (SSSR count). The van der Waals surface area contributed by atoms with Crippen molar-refractivity contribution in [3.05, 3.63) is 53.1 Å². The zero-order valence-electron chi connectivity index (χ0n) is 13.9. The van der Waals surface area contributed by atoms with Gasteiger partial charge in [-0.3, -0.25) is 0 Å². The quantitative estimate of drug-likeness (QED) is 0.809. The maximum absolute atomic E-state index is 5.70. The Bertz CT molecular complexity index is 820. The summed E-state index contributed by atoms with van der Waals surface area (Å²) in [6.07, 6.45) is 0.984. The van der Waals surface area contributed by atoms with Crippen LogP contribution < -0.4 is 19.1 Å². The van der Waals surface area contributed by atoms with E-state index in [1.807, 2.05) is 30.3 Å². The Hall–Kier alpha value is -2.64. The van der Waals surface area contributed by atoms with Gasteiger partial charge in [0.05, 0.1) is 26.3 Å². The molecule has 1 N–H and O–H groups in total. The van der Waals surface area contributed by atoms with E-state index in [1.54, 1.807) is 7.11 Å². The molecule has 0 saturated heterocycles. The number of hydrogen-bond donors (Lipinski definition) is 1. The number of methoxy groups -OCH3 is 1. The molecule has 4 nitrogen and oxygen atoms in total. The highest BCUT2D eigenvalue weighted by molar-refractivity contribution is 5.62. The molecule has 0 bridgehead atoms. The molecule has 122 valence electrons. The van der Waals surface area contributed by atoms with Crippen LogP contribution >= 0.6 is 0 Å². The number of likely N-dealkylation sites (N-methyl/N-ethyl adjacent to an activating group) is 1. The number of quaternary nitrogens is 1. The van der Waals surface area contributed by atoms with E-state index in [0.29, 0.717) is 5.75 Å². The molecule has 0 fully saturated rings. The van der Waals surface area contributed by atoms with E-state index in [4.69, 9.17) is 14.2 Å². The minimum atomic E-state index is 0.0541. The van der Waals surface area contributed by atoms with E-state index in [0.717, 1.165) is 35.6 Å². The molecular weight excluding hydrogens is 302 g/mol. The second-order valence-corrected chi connectivity index (χ2v) is 6.13. The predicted octanol–water partition coefficient (Wildman–Crippen LogP) is 1.59. The third-order valence-electron chi connectivity index (χ3n) is 4.65. The van der Waals surface area contributed by atoms with Crippen molar-refractivity contribution in [2.45, 2.75) is 12.5 Å². The van der Waals surface area contributed by atoms with Gasteiger partial charge in [0.25, 0.3) is 0 Å². The summed E-state index contributed by atoms with van der Waals surface area (Å²) in [5, 5.41) is 0. The first-order valence-corrected chi connectivity index (χ1v) is 8.16. The maximum Gasteiger partial charge on any atom is 0.231 e. The average molecular weight is 322 g/mol. The largest absolute Gasteiger partial charge is 0.492 e. The highest BCUT2D eigenvalue weighted by atomic mass is 16.7. The highest BCUT2D eigenvalue weighted by Crippen LogP contribution is 2.47. The number of hydrogen-bond acceptors (Lipinski definition) is 3. The number of nitrogens with one attached hydrogen (secondary N) is 1. The average Bonchev–Trinajstić information content (AvgIpc) is 3.08. The van der Waals surface area contributed by atoms with Crippen LogP contribution in [0.3, 0.4) is 0 Å².